The number of hydrogen-bond donors (Lipinski definition) is 2. The van der Waals surface area contributed by atoms with Gasteiger partial charge >= 0.3 is 0 Å². The van der Waals surface area contributed by atoms with E-state index in [1.165, 1.54) is 0 Å². The number of benzene rings is 3. The van der Waals surface area contributed by atoms with Crippen LogP contribution in [0.25, 0.3) is 0 Å². The van der Waals surface area contributed by atoms with Crippen molar-refractivity contribution in [2.24, 2.45) is 5.92 Å². The van der Waals surface area contributed by atoms with Crippen molar-refractivity contribution in [3.05, 3.63) is 95.6 Å². The van der Waals surface area contributed by atoms with E-state index in [0.29, 0.717) is 29.3 Å². The Balaban J connectivity index is 1.59. The second-order valence-corrected chi connectivity index (χ2v) is 8.20. The molecule has 0 aliphatic heterocycles. The summed E-state index contributed by atoms with van der Waals surface area (Å²) < 4.78 is 5.70. The van der Waals surface area contributed by atoms with Gasteiger partial charge in [-0.3, -0.25) is 9.59 Å². The number of carbonyl (C=O) groups excluding carboxylic acids is 2. The van der Waals surface area contributed by atoms with Crippen LogP contribution in [-0.2, 0) is 0 Å². The molecule has 0 aliphatic rings. The van der Waals surface area contributed by atoms with Crippen molar-refractivity contribution in [1.82, 2.24) is 5.32 Å². The molecule has 0 aliphatic carbocycles. The topological polar surface area (TPSA) is 67.4 Å². The first-order valence-electron chi connectivity index (χ1n) is 10.9. The van der Waals surface area contributed by atoms with Gasteiger partial charge in [0.05, 0.1) is 12.6 Å². The smallest absolute Gasteiger partial charge is 0.255 e. The van der Waals surface area contributed by atoms with E-state index in [1.54, 1.807) is 48.5 Å². The van der Waals surface area contributed by atoms with Crippen LogP contribution in [0.3, 0.4) is 0 Å². The Labute approximate surface area is 189 Å². The van der Waals surface area contributed by atoms with Crippen LogP contribution in [0.5, 0.6) is 5.75 Å². The van der Waals surface area contributed by atoms with Crippen LogP contribution >= 0.6 is 0 Å². The highest BCUT2D eigenvalue weighted by molar-refractivity contribution is 6.05. The van der Waals surface area contributed by atoms with Crippen molar-refractivity contribution in [3.63, 3.8) is 0 Å². The third kappa shape index (κ3) is 6.71. The standard InChI is InChI=1S/C27H30N2O3/c1-19(2)16-17-32-25-14-12-22(13-15-25)26(30)29-24-11-7-10-23(18-24)27(31)28-20(3)21-8-5-4-6-9-21/h4-15,18-20H,16-17H2,1-3H3,(H,28,31)(H,29,30). The maximum atomic E-state index is 12.7. The summed E-state index contributed by atoms with van der Waals surface area (Å²) in [5.41, 5.74) is 2.60. The van der Waals surface area contributed by atoms with E-state index in [1.807, 2.05) is 37.3 Å². The SMILES string of the molecule is CC(C)CCOc1ccc(C(=O)Nc2cccc(C(=O)NC(C)c3ccccc3)c2)cc1. The molecule has 0 heterocycles. The summed E-state index contributed by atoms with van der Waals surface area (Å²) in [6, 6.07) is 23.6. The highest BCUT2D eigenvalue weighted by Crippen LogP contribution is 2.17. The molecule has 0 bridgehead atoms. The Morgan fingerprint density at radius 2 is 1.53 bits per heavy atom. The quantitative estimate of drug-likeness (QED) is 0.447. The molecule has 1 unspecified atom stereocenters. The summed E-state index contributed by atoms with van der Waals surface area (Å²) in [7, 11) is 0. The molecule has 2 N–H and O–H groups in total. The molecule has 166 valence electrons. The zero-order valence-corrected chi connectivity index (χ0v) is 18.8. The second-order valence-electron chi connectivity index (χ2n) is 8.20. The monoisotopic (exact) mass is 430 g/mol. The van der Waals surface area contributed by atoms with Gasteiger partial charge in [-0.1, -0.05) is 50.2 Å². The van der Waals surface area contributed by atoms with E-state index in [-0.39, 0.29) is 17.9 Å². The predicted molar refractivity (Wildman–Crippen MR) is 128 cm³/mol. The highest BCUT2D eigenvalue weighted by Gasteiger charge is 2.13. The summed E-state index contributed by atoms with van der Waals surface area (Å²) in [6.07, 6.45) is 0.982. The summed E-state index contributed by atoms with van der Waals surface area (Å²) in [6.45, 7) is 6.90. The van der Waals surface area contributed by atoms with Gasteiger partial charge in [0.25, 0.3) is 11.8 Å². The van der Waals surface area contributed by atoms with Crippen LogP contribution in [0.4, 0.5) is 5.69 Å². The molecule has 0 fully saturated rings. The molecule has 32 heavy (non-hydrogen) atoms. The van der Waals surface area contributed by atoms with Crippen molar-refractivity contribution in [2.45, 2.75) is 33.2 Å². The third-order valence-corrected chi connectivity index (χ3v) is 5.11. The van der Waals surface area contributed by atoms with Gasteiger partial charge in [0.15, 0.2) is 0 Å². The number of nitrogens with one attached hydrogen (secondary N) is 2. The lowest BCUT2D eigenvalue weighted by Gasteiger charge is -2.15. The average molecular weight is 431 g/mol. The lowest BCUT2D eigenvalue weighted by Crippen LogP contribution is -2.26. The van der Waals surface area contributed by atoms with Crippen molar-refractivity contribution in [3.8, 4) is 5.75 Å². The molecule has 0 saturated carbocycles. The zero-order valence-electron chi connectivity index (χ0n) is 18.8. The fourth-order valence-corrected chi connectivity index (χ4v) is 3.16. The van der Waals surface area contributed by atoms with Crippen molar-refractivity contribution < 1.29 is 14.3 Å². The first-order chi connectivity index (χ1) is 15.4. The Kier molecular flexibility index (Phi) is 8.03. The first-order valence-corrected chi connectivity index (χ1v) is 10.9. The van der Waals surface area contributed by atoms with E-state index in [0.717, 1.165) is 17.7 Å². The van der Waals surface area contributed by atoms with E-state index in [9.17, 15) is 9.59 Å². The fourth-order valence-electron chi connectivity index (χ4n) is 3.16. The molecule has 5 nitrogen and oxygen atoms in total. The Bertz CT molecular complexity index is 1030. The van der Waals surface area contributed by atoms with E-state index >= 15 is 0 Å². The molecule has 5 heteroatoms. The summed E-state index contributed by atoms with van der Waals surface area (Å²) >= 11 is 0. The maximum absolute atomic E-state index is 12.7. The lowest BCUT2D eigenvalue weighted by molar-refractivity contribution is 0.0938. The number of ether oxygens (including phenoxy) is 1. The fraction of sp³-hybridized carbons (Fsp3) is 0.259. The Morgan fingerprint density at radius 3 is 2.22 bits per heavy atom. The molecule has 0 spiro atoms. The van der Waals surface area contributed by atoms with Gasteiger partial charge in [-0.15, -0.1) is 0 Å². The van der Waals surface area contributed by atoms with Crippen LogP contribution in [0.15, 0.2) is 78.9 Å². The van der Waals surface area contributed by atoms with Crippen LogP contribution < -0.4 is 15.4 Å². The third-order valence-electron chi connectivity index (χ3n) is 5.11. The van der Waals surface area contributed by atoms with Crippen molar-refractivity contribution in [2.75, 3.05) is 11.9 Å². The molecular formula is C27H30N2O3. The second kappa shape index (κ2) is 11.1. The molecule has 0 radical (unpaired) electrons. The van der Waals surface area contributed by atoms with Gasteiger partial charge in [-0.2, -0.15) is 0 Å². The number of anilines is 1. The highest BCUT2D eigenvalue weighted by atomic mass is 16.5. The molecule has 1 atom stereocenters. The molecule has 0 saturated heterocycles. The maximum Gasteiger partial charge on any atom is 0.255 e. The normalized spacial score (nSPS) is 11.6. The largest absolute Gasteiger partial charge is 0.494 e. The molecule has 3 aromatic rings. The predicted octanol–water partition coefficient (Wildman–Crippen LogP) is 5.85. The molecular weight excluding hydrogens is 400 g/mol. The first kappa shape index (κ1) is 23.1. The van der Waals surface area contributed by atoms with Crippen LogP contribution in [0, 0.1) is 5.92 Å². The van der Waals surface area contributed by atoms with E-state index in [4.69, 9.17) is 4.74 Å². The van der Waals surface area contributed by atoms with Crippen molar-refractivity contribution >= 4 is 17.5 Å². The molecule has 0 aromatic heterocycles. The molecule has 3 rings (SSSR count). The van der Waals surface area contributed by atoms with Crippen LogP contribution in [0.2, 0.25) is 0 Å². The van der Waals surface area contributed by atoms with E-state index < -0.39 is 0 Å². The summed E-state index contributed by atoms with van der Waals surface area (Å²) in [5, 5.41) is 5.85. The molecule has 2 amide bonds. The minimum absolute atomic E-state index is 0.122. The number of rotatable bonds is 9. The Morgan fingerprint density at radius 1 is 0.812 bits per heavy atom. The number of carbonyl (C=O) groups is 2. The van der Waals surface area contributed by atoms with Gasteiger partial charge in [0.2, 0.25) is 0 Å². The lowest BCUT2D eigenvalue weighted by atomic mass is 10.1. The minimum Gasteiger partial charge on any atom is -0.494 e. The number of hydrogen-bond acceptors (Lipinski definition) is 3. The summed E-state index contributed by atoms with van der Waals surface area (Å²) in [5.74, 6) is 0.891. The van der Waals surface area contributed by atoms with Gasteiger partial charge < -0.3 is 15.4 Å². The summed E-state index contributed by atoms with van der Waals surface area (Å²) in [4.78, 5) is 25.3. The molecule has 3 aromatic carbocycles. The van der Waals surface area contributed by atoms with Gasteiger partial charge in [-0.25, -0.2) is 0 Å². The van der Waals surface area contributed by atoms with Gasteiger partial charge in [-0.05, 0) is 67.3 Å². The van der Waals surface area contributed by atoms with Crippen LogP contribution in [-0.4, -0.2) is 18.4 Å². The average Bonchev–Trinajstić information content (AvgIpc) is 2.80. The van der Waals surface area contributed by atoms with Gasteiger partial charge in [0, 0.05) is 16.8 Å². The van der Waals surface area contributed by atoms with Gasteiger partial charge in [0.1, 0.15) is 5.75 Å². The van der Waals surface area contributed by atoms with Crippen molar-refractivity contribution in [1.29, 1.82) is 0 Å². The minimum atomic E-state index is -0.242. The van der Waals surface area contributed by atoms with Crippen LogP contribution in [0.1, 0.15) is 59.5 Å². The number of amides is 2. The zero-order chi connectivity index (χ0) is 22.9. The Hall–Kier alpha value is -3.60. The van der Waals surface area contributed by atoms with E-state index in [2.05, 4.69) is 24.5 Å².